The lowest BCUT2D eigenvalue weighted by molar-refractivity contribution is -0.117. The molecular weight excluding hydrogens is 326 g/mol. The fourth-order valence-corrected chi connectivity index (χ4v) is 3.15. The standard InChI is InChI=1S/C18H27N3O2.ClH/c1-11-7-12(2)10-21(9-11)18(23)15-6-5-13(3)16(8-15)20-17(22)14(4)19;/h5-6,8,11-12,14H,7,9-10,19H2,1-4H3,(H,20,22);1H/t11?,12?,14-;/m0./s1. The van der Waals surface area contributed by atoms with Crippen LogP contribution >= 0.6 is 12.4 Å². The number of amides is 2. The zero-order valence-corrected chi connectivity index (χ0v) is 15.7. The highest BCUT2D eigenvalue weighted by atomic mass is 35.5. The van der Waals surface area contributed by atoms with Crippen LogP contribution < -0.4 is 11.1 Å². The summed E-state index contributed by atoms with van der Waals surface area (Å²) in [5, 5.41) is 2.79. The Hall–Kier alpha value is -1.59. The molecule has 1 heterocycles. The highest BCUT2D eigenvalue weighted by molar-refractivity contribution is 5.99. The van der Waals surface area contributed by atoms with Crippen molar-refractivity contribution in [1.82, 2.24) is 4.90 Å². The average Bonchev–Trinajstić information content (AvgIpc) is 2.47. The lowest BCUT2D eigenvalue weighted by Crippen LogP contribution is -2.42. The van der Waals surface area contributed by atoms with Crippen LogP contribution in [0.25, 0.3) is 0 Å². The minimum Gasteiger partial charge on any atom is -0.338 e. The molecule has 1 aromatic rings. The quantitative estimate of drug-likeness (QED) is 0.877. The number of hydrogen-bond donors (Lipinski definition) is 2. The third-order valence-corrected chi connectivity index (χ3v) is 4.31. The Morgan fingerprint density at radius 1 is 1.25 bits per heavy atom. The first-order valence-electron chi connectivity index (χ1n) is 8.24. The van der Waals surface area contributed by atoms with Crippen molar-refractivity contribution in [2.45, 2.75) is 40.2 Å². The van der Waals surface area contributed by atoms with E-state index in [0.29, 0.717) is 23.1 Å². The summed E-state index contributed by atoms with van der Waals surface area (Å²) in [6.45, 7) is 9.47. The van der Waals surface area contributed by atoms with Gasteiger partial charge in [0.15, 0.2) is 0 Å². The van der Waals surface area contributed by atoms with Crippen LogP contribution in [0.3, 0.4) is 0 Å². The molecule has 1 fully saturated rings. The van der Waals surface area contributed by atoms with Gasteiger partial charge in [0.05, 0.1) is 6.04 Å². The zero-order chi connectivity index (χ0) is 17.1. The van der Waals surface area contributed by atoms with Gasteiger partial charge in [0.1, 0.15) is 0 Å². The molecule has 24 heavy (non-hydrogen) atoms. The van der Waals surface area contributed by atoms with Gasteiger partial charge in [-0.05, 0) is 49.8 Å². The molecule has 134 valence electrons. The fraction of sp³-hybridized carbons (Fsp3) is 0.556. The van der Waals surface area contributed by atoms with Gasteiger partial charge in [0.25, 0.3) is 5.91 Å². The smallest absolute Gasteiger partial charge is 0.253 e. The van der Waals surface area contributed by atoms with E-state index < -0.39 is 6.04 Å². The summed E-state index contributed by atoms with van der Waals surface area (Å²) in [4.78, 5) is 26.5. The molecule has 0 aromatic heterocycles. The van der Waals surface area contributed by atoms with Crippen molar-refractivity contribution >= 4 is 29.9 Å². The van der Waals surface area contributed by atoms with Gasteiger partial charge in [-0.3, -0.25) is 9.59 Å². The van der Waals surface area contributed by atoms with Gasteiger partial charge in [0, 0.05) is 24.3 Å². The molecular formula is C18H28ClN3O2. The third kappa shape index (κ3) is 4.95. The van der Waals surface area contributed by atoms with Crippen molar-refractivity contribution in [2.24, 2.45) is 17.6 Å². The minimum absolute atomic E-state index is 0. The maximum Gasteiger partial charge on any atom is 0.253 e. The molecule has 0 aliphatic carbocycles. The maximum absolute atomic E-state index is 12.8. The van der Waals surface area contributed by atoms with Crippen molar-refractivity contribution in [3.63, 3.8) is 0 Å². The number of nitrogens with zero attached hydrogens (tertiary/aromatic N) is 1. The number of benzene rings is 1. The Morgan fingerprint density at radius 2 is 1.83 bits per heavy atom. The SMILES string of the molecule is Cc1ccc(C(=O)N2CC(C)CC(C)C2)cc1NC(=O)[C@H](C)N.Cl. The molecule has 1 aliphatic heterocycles. The Bertz CT molecular complexity index is 594. The van der Waals surface area contributed by atoms with E-state index in [1.54, 1.807) is 13.0 Å². The van der Waals surface area contributed by atoms with E-state index in [9.17, 15) is 9.59 Å². The predicted molar refractivity (Wildman–Crippen MR) is 99.6 cm³/mol. The molecule has 1 aliphatic rings. The van der Waals surface area contributed by atoms with E-state index in [0.717, 1.165) is 25.1 Å². The van der Waals surface area contributed by atoms with Crippen LogP contribution in [0.1, 0.15) is 43.1 Å². The molecule has 2 amide bonds. The molecule has 5 nitrogen and oxygen atoms in total. The van der Waals surface area contributed by atoms with E-state index in [-0.39, 0.29) is 24.2 Å². The van der Waals surface area contributed by atoms with Crippen LogP contribution in [0.2, 0.25) is 0 Å². The topological polar surface area (TPSA) is 75.4 Å². The summed E-state index contributed by atoms with van der Waals surface area (Å²) < 4.78 is 0. The van der Waals surface area contributed by atoms with Crippen LogP contribution in [0.5, 0.6) is 0 Å². The number of rotatable bonds is 3. The van der Waals surface area contributed by atoms with Gasteiger partial charge >= 0.3 is 0 Å². The van der Waals surface area contributed by atoms with E-state index >= 15 is 0 Å². The van der Waals surface area contributed by atoms with Crippen LogP contribution in [0.15, 0.2) is 18.2 Å². The summed E-state index contributed by atoms with van der Waals surface area (Å²) in [6, 6.07) is 4.85. The second-order valence-electron chi connectivity index (χ2n) is 6.96. The average molecular weight is 354 g/mol. The lowest BCUT2D eigenvalue weighted by Gasteiger charge is -2.35. The number of aryl methyl sites for hydroxylation is 1. The van der Waals surface area contributed by atoms with E-state index in [4.69, 9.17) is 5.73 Å². The molecule has 0 radical (unpaired) electrons. The third-order valence-electron chi connectivity index (χ3n) is 4.31. The number of nitrogens with one attached hydrogen (secondary N) is 1. The first-order chi connectivity index (χ1) is 10.8. The first-order valence-corrected chi connectivity index (χ1v) is 8.24. The van der Waals surface area contributed by atoms with Gasteiger partial charge < -0.3 is 16.0 Å². The molecule has 1 aromatic carbocycles. The molecule has 0 bridgehead atoms. The number of halogens is 1. The van der Waals surface area contributed by atoms with Gasteiger partial charge in [0.2, 0.25) is 5.91 Å². The Morgan fingerprint density at radius 3 is 2.38 bits per heavy atom. The second kappa shape index (κ2) is 8.49. The van der Waals surface area contributed by atoms with E-state index in [2.05, 4.69) is 19.2 Å². The molecule has 0 spiro atoms. The van der Waals surface area contributed by atoms with Gasteiger partial charge in [-0.2, -0.15) is 0 Å². The largest absolute Gasteiger partial charge is 0.338 e. The van der Waals surface area contributed by atoms with Crippen molar-refractivity contribution < 1.29 is 9.59 Å². The van der Waals surface area contributed by atoms with Crippen LogP contribution in [-0.2, 0) is 4.79 Å². The van der Waals surface area contributed by atoms with Crippen molar-refractivity contribution in [3.05, 3.63) is 29.3 Å². The van der Waals surface area contributed by atoms with E-state index in [1.165, 1.54) is 0 Å². The van der Waals surface area contributed by atoms with Gasteiger partial charge in [-0.15, -0.1) is 12.4 Å². The lowest BCUT2D eigenvalue weighted by atomic mass is 9.91. The summed E-state index contributed by atoms with van der Waals surface area (Å²) in [6.07, 6.45) is 1.16. The van der Waals surface area contributed by atoms with Crippen LogP contribution in [0, 0.1) is 18.8 Å². The molecule has 1 saturated heterocycles. The summed E-state index contributed by atoms with van der Waals surface area (Å²) in [7, 11) is 0. The van der Waals surface area contributed by atoms with Crippen molar-refractivity contribution in [2.75, 3.05) is 18.4 Å². The van der Waals surface area contributed by atoms with Gasteiger partial charge in [-0.1, -0.05) is 19.9 Å². The Balaban J connectivity index is 0.00000288. The number of hydrogen-bond acceptors (Lipinski definition) is 3. The minimum atomic E-state index is -0.586. The summed E-state index contributed by atoms with van der Waals surface area (Å²) >= 11 is 0. The van der Waals surface area contributed by atoms with Gasteiger partial charge in [-0.25, -0.2) is 0 Å². The fourth-order valence-electron chi connectivity index (χ4n) is 3.15. The second-order valence-corrected chi connectivity index (χ2v) is 6.96. The number of anilines is 1. The summed E-state index contributed by atoms with van der Waals surface area (Å²) in [5.41, 5.74) is 7.76. The van der Waals surface area contributed by atoms with Crippen LogP contribution in [0.4, 0.5) is 5.69 Å². The predicted octanol–water partition coefficient (Wildman–Crippen LogP) is 2.82. The zero-order valence-electron chi connectivity index (χ0n) is 14.8. The number of carbonyl (C=O) groups is 2. The Labute approximate surface area is 150 Å². The highest BCUT2D eigenvalue weighted by Crippen LogP contribution is 2.24. The number of likely N-dealkylation sites (tertiary alicyclic amines) is 1. The molecule has 0 saturated carbocycles. The molecule has 3 N–H and O–H groups in total. The maximum atomic E-state index is 12.8. The van der Waals surface area contributed by atoms with Crippen LogP contribution in [-0.4, -0.2) is 35.8 Å². The number of carbonyl (C=O) groups excluding carboxylic acids is 2. The first kappa shape index (κ1) is 20.5. The number of nitrogens with two attached hydrogens (primary N) is 1. The normalized spacial score (nSPS) is 21.6. The summed E-state index contributed by atoms with van der Waals surface area (Å²) in [5.74, 6) is 0.813. The molecule has 6 heteroatoms. The highest BCUT2D eigenvalue weighted by Gasteiger charge is 2.26. The van der Waals surface area contributed by atoms with E-state index in [1.807, 2.05) is 24.0 Å². The molecule has 3 atom stereocenters. The van der Waals surface area contributed by atoms with Crippen molar-refractivity contribution in [3.8, 4) is 0 Å². The Kier molecular flexibility index (Phi) is 7.24. The molecule has 2 unspecified atom stereocenters. The van der Waals surface area contributed by atoms with Crippen molar-refractivity contribution in [1.29, 1.82) is 0 Å². The number of piperidine rings is 1. The monoisotopic (exact) mass is 353 g/mol. The molecule has 2 rings (SSSR count).